The van der Waals surface area contributed by atoms with Crippen LogP contribution in [0.5, 0.6) is 5.75 Å². The van der Waals surface area contributed by atoms with Gasteiger partial charge >= 0.3 is 0 Å². The van der Waals surface area contributed by atoms with Crippen molar-refractivity contribution in [2.24, 2.45) is 0 Å². The maximum absolute atomic E-state index is 10.9. The summed E-state index contributed by atoms with van der Waals surface area (Å²) in [5.41, 5.74) is 3.92. The standard InChI is InChI=1S/C24H31N3OS/c1-23(2,3)18-14-16(15-19(21(18)28)24(4,5)6)12-13-20-25-26-22(29)27(20)17-10-8-7-9-11-17/h7-11,14-15,28H,12-13H2,1-6H3,(H,26,29). The quantitative estimate of drug-likeness (QED) is 0.518. The number of nitrogens with zero attached hydrogens (tertiary/aromatic N) is 2. The molecule has 3 aromatic rings. The molecule has 3 rings (SSSR count). The van der Waals surface area contributed by atoms with Gasteiger partial charge in [-0.25, -0.2) is 0 Å². The minimum absolute atomic E-state index is 0.135. The topological polar surface area (TPSA) is 53.8 Å². The minimum atomic E-state index is -0.135. The predicted molar refractivity (Wildman–Crippen MR) is 122 cm³/mol. The third kappa shape index (κ3) is 4.61. The number of hydrogen-bond donors (Lipinski definition) is 2. The predicted octanol–water partition coefficient (Wildman–Crippen LogP) is 6.02. The molecule has 0 atom stereocenters. The van der Waals surface area contributed by atoms with Crippen molar-refractivity contribution in [2.45, 2.75) is 65.2 Å². The average molecular weight is 410 g/mol. The van der Waals surface area contributed by atoms with Crippen LogP contribution in [0, 0.1) is 4.77 Å². The summed E-state index contributed by atoms with van der Waals surface area (Å²) in [6.07, 6.45) is 1.57. The molecule has 1 heterocycles. The SMILES string of the molecule is CC(C)(C)c1cc(CCc2n[nH]c(=S)n2-c2ccccc2)cc(C(C)(C)C)c1O. The van der Waals surface area contributed by atoms with Crippen molar-refractivity contribution >= 4 is 12.2 Å². The van der Waals surface area contributed by atoms with Crippen molar-refractivity contribution in [2.75, 3.05) is 0 Å². The molecule has 0 spiro atoms. The van der Waals surface area contributed by atoms with Crippen LogP contribution in [0.25, 0.3) is 5.69 Å². The summed E-state index contributed by atoms with van der Waals surface area (Å²) in [7, 11) is 0. The zero-order chi connectivity index (χ0) is 21.4. The van der Waals surface area contributed by atoms with Gasteiger partial charge in [0.05, 0.1) is 0 Å². The highest BCUT2D eigenvalue weighted by molar-refractivity contribution is 7.71. The molecule has 0 aliphatic heterocycles. The number of H-pyrrole nitrogens is 1. The zero-order valence-electron chi connectivity index (χ0n) is 18.2. The highest BCUT2D eigenvalue weighted by atomic mass is 32.1. The number of aromatic amines is 1. The highest BCUT2D eigenvalue weighted by Gasteiger charge is 2.26. The Morgan fingerprint density at radius 1 is 0.931 bits per heavy atom. The van der Waals surface area contributed by atoms with Crippen LogP contribution in [0.15, 0.2) is 42.5 Å². The molecule has 1 aromatic heterocycles. The van der Waals surface area contributed by atoms with Crippen LogP contribution in [-0.4, -0.2) is 19.9 Å². The number of nitrogens with one attached hydrogen (secondary N) is 1. The second-order valence-electron chi connectivity index (χ2n) is 9.66. The van der Waals surface area contributed by atoms with Crippen LogP contribution < -0.4 is 0 Å². The van der Waals surface area contributed by atoms with Gasteiger partial charge < -0.3 is 5.11 Å². The number of hydrogen-bond acceptors (Lipinski definition) is 3. The average Bonchev–Trinajstić information content (AvgIpc) is 3.00. The Kier molecular flexibility index (Phi) is 5.72. The number of aromatic nitrogens is 3. The molecule has 4 nitrogen and oxygen atoms in total. The molecule has 2 aromatic carbocycles. The molecule has 0 aliphatic rings. The zero-order valence-corrected chi connectivity index (χ0v) is 19.0. The molecular formula is C24H31N3OS. The Morgan fingerprint density at radius 3 is 2.00 bits per heavy atom. The van der Waals surface area contributed by atoms with E-state index in [2.05, 4.69) is 63.9 Å². The van der Waals surface area contributed by atoms with Crippen LogP contribution in [0.2, 0.25) is 0 Å². The van der Waals surface area contributed by atoms with Crippen molar-refractivity contribution in [3.05, 3.63) is 69.8 Å². The molecule has 0 unspecified atom stereocenters. The first-order valence-corrected chi connectivity index (χ1v) is 10.5. The van der Waals surface area contributed by atoms with E-state index in [-0.39, 0.29) is 10.8 Å². The van der Waals surface area contributed by atoms with Crippen LogP contribution in [0.4, 0.5) is 0 Å². The Balaban J connectivity index is 1.98. The van der Waals surface area contributed by atoms with E-state index in [0.29, 0.717) is 10.5 Å². The van der Waals surface area contributed by atoms with E-state index in [1.807, 2.05) is 34.9 Å². The van der Waals surface area contributed by atoms with E-state index in [9.17, 15) is 5.11 Å². The third-order valence-corrected chi connectivity index (χ3v) is 5.45. The summed E-state index contributed by atoms with van der Waals surface area (Å²) in [4.78, 5) is 0. The lowest BCUT2D eigenvalue weighted by molar-refractivity contribution is 0.422. The van der Waals surface area contributed by atoms with Crippen molar-refractivity contribution in [3.8, 4) is 11.4 Å². The first-order valence-electron chi connectivity index (χ1n) is 10.1. The molecule has 2 N–H and O–H groups in total. The Bertz CT molecular complexity index is 1020. The molecule has 0 bridgehead atoms. The van der Waals surface area contributed by atoms with Gasteiger partial charge in [-0.3, -0.25) is 9.67 Å². The molecule has 154 valence electrons. The van der Waals surface area contributed by atoms with Crippen molar-refractivity contribution in [1.29, 1.82) is 0 Å². The van der Waals surface area contributed by atoms with E-state index in [1.54, 1.807) is 0 Å². The molecule has 29 heavy (non-hydrogen) atoms. The number of para-hydroxylation sites is 1. The molecule has 0 fully saturated rings. The van der Waals surface area contributed by atoms with Gasteiger partial charge in [0.2, 0.25) is 0 Å². The van der Waals surface area contributed by atoms with Crippen LogP contribution in [-0.2, 0) is 23.7 Å². The van der Waals surface area contributed by atoms with Gasteiger partial charge in [-0.1, -0.05) is 71.9 Å². The van der Waals surface area contributed by atoms with Gasteiger partial charge in [-0.05, 0) is 58.3 Å². The molecule has 5 heteroatoms. The molecular weight excluding hydrogens is 378 g/mol. The fourth-order valence-corrected chi connectivity index (χ4v) is 3.84. The fourth-order valence-electron chi connectivity index (χ4n) is 3.58. The van der Waals surface area contributed by atoms with E-state index in [4.69, 9.17) is 12.2 Å². The van der Waals surface area contributed by atoms with E-state index in [0.717, 1.165) is 35.5 Å². The number of aromatic hydroxyl groups is 1. The molecule has 0 saturated heterocycles. The summed E-state index contributed by atoms with van der Waals surface area (Å²) in [5.74, 6) is 1.32. The van der Waals surface area contributed by atoms with Gasteiger partial charge in [-0.2, -0.15) is 5.10 Å². The lowest BCUT2D eigenvalue weighted by Crippen LogP contribution is -2.18. The summed E-state index contributed by atoms with van der Waals surface area (Å²) in [6, 6.07) is 14.3. The second kappa shape index (κ2) is 7.79. The number of benzene rings is 2. The third-order valence-electron chi connectivity index (χ3n) is 5.18. The van der Waals surface area contributed by atoms with Crippen molar-refractivity contribution in [1.82, 2.24) is 14.8 Å². The number of rotatable bonds is 4. The molecule has 0 saturated carbocycles. The smallest absolute Gasteiger partial charge is 0.199 e. The molecule has 0 radical (unpaired) electrons. The summed E-state index contributed by atoms with van der Waals surface area (Å²) >= 11 is 5.45. The van der Waals surface area contributed by atoms with Crippen molar-refractivity contribution < 1.29 is 5.11 Å². The maximum atomic E-state index is 10.9. The fraction of sp³-hybridized carbons (Fsp3) is 0.417. The summed E-state index contributed by atoms with van der Waals surface area (Å²) in [6.45, 7) is 12.8. The van der Waals surface area contributed by atoms with Gasteiger partial charge in [-0.15, -0.1) is 0 Å². The second-order valence-corrected chi connectivity index (χ2v) is 10.0. The first kappa shape index (κ1) is 21.3. The summed E-state index contributed by atoms with van der Waals surface area (Å²) in [5, 5.41) is 18.3. The van der Waals surface area contributed by atoms with Gasteiger partial charge in [0, 0.05) is 12.1 Å². The van der Waals surface area contributed by atoms with Crippen molar-refractivity contribution in [3.63, 3.8) is 0 Å². The van der Waals surface area contributed by atoms with Crippen LogP contribution in [0.3, 0.4) is 0 Å². The monoisotopic (exact) mass is 409 g/mol. The first-order chi connectivity index (χ1) is 13.5. The van der Waals surface area contributed by atoms with Gasteiger partial charge in [0.25, 0.3) is 0 Å². The molecule has 0 amide bonds. The lowest BCUT2D eigenvalue weighted by Gasteiger charge is -2.28. The lowest BCUT2D eigenvalue weighted by atomic mass is 9.78. The van der Waals surface area contributed by atoms with E-state index < -0.39 is 0 Å². The summed E-state index contributed by atoms with van der Waals surface area (Å²) < 4.78 is 2.59. The van der Waals surface area contributed by atoms with Gasteiger partial charge in [0.15, 0.2) is 4.77 Å². The van der Waals surface area contributed by atoms with Crippen LogP contribution >= 0.6 is 12.2 Å². The highest BCUT2D eigenvalue weighted by Crippen LogP contribution is 2.40. The normalized spacial score (nSPS) is 12.3. The minimum Gasteiger partial charge on any atom is -0.507 e. The number of aryl methyl sites for hydroxylation is 2. The number of phenols is 1. The van der Waals surface area contributed by atoms with Gasteiger partial charge in [0.1, 0.15) is 11.6 Å². The van der Waals surface area contributed by atoms with Crippen LogP contribution in [0.1, 0.15) is 64.1 Å². The Hall–Kier alpha value is -2.40. The Labute approximate surface area is 178 Å². The van der Waals surface area contributed by atoms with E-state index in [1.165, 1.54) is 5.56 Å². The number of phenolic OH excluding ortho intramolecular Hbond substituents is 1. The van der Waals surface area contributed by atoms with E-state index >= 15 is 0 Å². The Morgan fingerprint density at radius 2 is 1.48 bits per heavy atom. The largest absolute Gasteiger partial charge is 0.507 e. The maximum Gasteiger partial charge on any atom is 0.199 e. The molecule has 0 aliphatic carbocycles.